The van der Waals surface area contributed by atoms with Gasteiger partial charge in [0.25, 0.3) is 0 Å². The number of pyridine rings is 1. The first-order chi connectivity index (χ1) is 6.15. The molecule has 0 N–H and O–H groups in total. The summed E-state index contributed by atoms with van der Waals surface area (Å²) in [7, 11) is 0. The molecule has 0 aliphatic heterocycles. The van der Waals surface area contributed by atoms with Crippen molar-refractivity contribution in [3.8, 4) is 0 Å². The molecule has 0 saturated carbocycles. The van der Waals surface area contributed by atoms with Crippen LogP contribution in [0.4, 0.5) is 0 Å². The smallest absolute Gasteiger partial charge is 0.345 e. The summed E-state index contributed by atoms with van der Waals surface area (Å²) in [5, 5.41) is 10.8. The number of halogens is 1. The van der Waals surface area contributed by atoms with E-state index in [0.29, 0.717) is 15.8 Å². The van der Waals surface area contributed by atoms with E-state index in [-0.39, 0.29) is 5.56 Å². The van der Waals surface area contributed by atoms with Gasteiger partial charge in [-0.25, -0.2) is 4.79 Å². The lowest BCUT2D eigenvalue weighted by atomic mass is 10.3. The minimum atomic E-state index is -0.500. The van der Waals surface area contributed by atoms with Gasteiger partial charge >= 0.3 is 5.97 Å². The van der Waals surface area contributed by atoms with Gasteiger partial charge in [-0.3, -0.25) is 0 Å². The summed E-state index contributed by atoms with van der Waals surface area (Å²) in [6.45, 7) is 2.00. The molecule has 5 heteroatoms. The van der Waals surface area contributed by atoms with Crippen molar-refractivity contribution in [2.24, 2.45) is 0 Å². The lowest BCUT2D eigenvalue weighted by Crippen LogP contribution is -2.26. The van der Waals surface area contributed by atoms with Gasteiger partial charge in [-0.15, -0.1) is 0 Å². The Kier molecular flexibility index (Phi) is 3.25. The maximum Gasteiger partial charge on any atom is 0.345 e. The van der Waals surface area contributed by atoms with E-state index in [9.17, 15) is 10.0 Å². The first-order valence-electron chi connectivity index (χ1n) is 3.70. The number of esters is 1. The Labute approximate surface area is 83.8 Å². The molecule has 0 aliphatic rings. The first kappa shape index (κ1) is 9.98. The van der Waals surface area contributed by atoms with Gasteiger partial charge in [-0.05, 0) is 22.9 Å². The lowest BCUT2D eigenvalue weighted by molar-refractivity contribution is -0.605. The van der Waals surface area contributed by atoms with Gasteiger partial charge in [0.15, 0.2) is 12.4 Å². The van der Waals surface area contributed by atoms with Crippen LogP contribution in [-0.2, 0) is 4.74 Å². The van der Waals surface area contributed by atoms with Gasteiger partial charge in [0.05, 0.1) is 6.61 Å². The maximum absolute atomic E-state index is 11.2. The van der Waals surface area contributed by atoms with E-state index in [1.165, 1.54) is 18.5 Å². The second-order valence-corrected chi connectivity index (χ2v) is 3.14. The Morgan fingerprint density at radius 1 is 1.77 bits per heavy atom. The van der Waals surface area contributed by atoms with E-state index in [2.05, 4.69) is 15.9 Å². The fourth-order valence-electron chi connectivity index (χ4n) is 0.820. The molecular formula is C8H8BrNO3. The monoisotopic (exact) mass is 245 g/mol. The number of ether oxygens (including phenoxy) is 1. The summed E-state index contributed by atoms with van der Waals surface area (Å²) < 4.78 is 5.85. The fourth-order valence-corrected chi connectivity index (χ4v) is 1.20. The number of hydrogen-bond acceptors (Lipinski definition) is 3. The van der Waals surface area contributed by atoms with Crippen LogP contribution in [0.1, 0.15) is 17.3 Å². The molecule has 0 bridgehead atoms. The van der Waals surface area contributed by atoms with E-state index < -0.39 is 5.97 Å². The van der Waals surface area contributed by atoms with E-state index in [1.54, 1.807) is 6.92 Å². The molecule has 13 heavy (non-hydrogen) atoms. The van der Waals surface area contributed by atoms with Gasteiger partial charge in [0, 0.05) is 10.5 Å². The van der Waals surface area contributed by atoms with Crippen LogP contribution in [0.2, 0.25) is 0 Å². The third-order valence-corrected chi connectivity index (χ3v) is 2.07. The fraction of sp³-hybridized carbons (Fsp3) is 0.250. The van der Waals surface area contributed by atoms with Crippen molar-refractivity contribution in [1.29, 1.82) is 0 Å². The van der Waals surface area contributed by atoms with Crippen molar-refractivity contribution in [2.45, 2.75) is 6.92 Å². The Morgan fingerprint density at radius 3 is 3.08 bits per heavy atom. The quantitative estimate of drug-likeness (QED) is 0.448. The van der Waals surface area contributed by atoms with Crippen molar-refractivity contribution in [3.63, 3.8) is 0 Å². The topological polar surface area (TPSA) is 53.2 Å². The van der Waals surface area contributed by atoms with Crippen molar-refractivity contribution < 1.29 is 14.3 Å². The largest absolute Gasteiger partial charge is 0.619 e. The van der Waals surface area contributed by atoms with Crippen LogP contribution in [0.5, 0.6) is 0 Å². The van der Waals surface area contributed by atoms with E-state index >= 15 is 0 Å². The second-order valence-electron chi connectivity index (χ2n) is 2.29. The van der Waals surface area contributed by atoms with Crippen LogP contribution in [0.3, 0.4) is 0 Å². The van der Waals surface area contributed by atoms with Crippen LogP contribution in [0.25, 0.3) is 0 Å². The Morgan fingerprint density at radius 2 is 2.46 bits per heavy atom. The molecular weight excluding hydrogens is 238 g/mol. The lowest BCUT2D eigenvalue weighted by Gasteiger charge is -2.03. The zero-order chi connectivity index (χ0) is 9.84. The van der Waals surface area contributed by atoms with Gasteiger partial charge in [0.1, 0.15) is 5.56 Å². The Hall–Kier alpha value is -1.10. The summed E-state index contributed by atoms with van der Waals surface area (Å²) in [5.41, 5.74) is 0.236. The molecule has 4 nitrogen and oxygen atoms in total. The van der Waals surface area contributed by atoms with Crippen molar-refractivity contribution in [3.05, 3.63) is 33.7 Å². The Balaban J connectivity index is 2.99. The van der Waals surface area contributed by atoms with E-state index in [0.717, 1.165) is 0 Å². The third-order valence-electron chi connectivity index (χ3n) is 1.38. The molecule has 0 aliphatic carbocycles. The van der Waals surface area contributed by atoms with Crippen LogP contribution >= 0.6 is 15.9 Å². The molecule has 0 spiro atoms. The van der Waals surface area contributed by atoms with Crippen molar-refractivity contribution in [2.75, 3.05) is 6.61 Å². The SMILES string of the molecule is CCOC(=O)c1c[n+]([O-])ccc1Br. The highest BCUT2D eigenvalue weighted by Gasteiger charge is 2.14. The molecule has 0 unspecified atom stereocenters. The van der Waals surface area contributed by atoms with Crippen LogP contribution in [-0.4, -0.2) is 12.6 Å². The summed E-state index contributed by atoms with van der Waals surface area (Å²) in [4.78, 5) is 11.2. The summed E-state index contributed by atoms with van der Waals surface area (Å²) in [6, 6.07) is 1.50. The summed E-state index contributed by atoms with van der Waals surface area (Å²) >= 11 is 3.15. The average Bonchev–Trinajstić information content (AvgIpc) is 2.09. The molecule has 70 valence electrons. The molecule has 0 saturated heterocycles. The van der Waals surface area contributed by atoms with Crippen molar-refractivity contribution in [1.82, 2.24) is 0 Å². The minimum Gasteiger partial charge on any atom is -0.619 e. The highest BCUT2D eigenvalue weighted by molar-refractivity contribution is 9.10. The zero-order valence-corrected chi connectivity index (χ0v) is 8.58. The van der Waals surface area contributed by atoms with E-state index in [1.807, 2.05) is 0 Å². The van der Waals surface area contributed by atoms with Gasteiger partial charge in [0.2, 0.25) is 0 Å². The number of hydrogen-bond donors (Lipinski definition) is 0. The molecule has 0 aromatic carbocycles. The standard InChI is InChI=1S/C8H8BrNO3/c1-2-13-8(11)6-5-10(12)4-3-7(6)9/h3-5H,2H2,1H3. The van der Waals surface area contributed by atoms with Crippen LogP contribution in [0, 0.1) is 5.21 Å². The van der Waals surface area contributed by atoms with Crippen LogP contribution in [0.15, 0.2) is 22.9 Å². The maximum atomic E-state index is 11.2. The minimum absolute atomic E-state index is 0.236. The molecule has 1 aromatic rings. The van der Waals surface area contributed by atoms with Gasteiger partial charge < -0.3 is 9.94 Å². The number of aromatic nitrogens is 1. The molecule has 0 fully saturated rings. The van der Waals surface area contributed by atoms with E-state index in [4.69, 9.17) is 4.74 Å². The molecule has 1 rings (SSSR count). The number of rotatable bonds is 2. The van der Waals surface area contributed by atoms with Crippen LogP contribution < -0.4 is 4.73 Å². The highest BCUT2D eigenvalue weighted by atomic mass is 79.9. The molecule has 1 heterocycles. The second kappa shape index (κ2) is 4.23. The average molecular weight is 246 g/mol. The summed E-state index contributed by atoms with van der Waals surface area (Å²) in [6.07, 6.45) is 2.47. The number of nitrogens with zero attached hydrogens (tertiary/aromatic N) is 1. The highest BCUT2D eigenvalue weighted by Crippen LogP contribution is 2.14. The summed E-state index contributed by atoms with van der Waals surface area (Å²) in [5.74, 6) is -0.500. The molecule has 0 atom stereocenters. The number of carbonyl (C=O) groups is 1. The first-order valence-corrected chi connectivity index (χ1v) is 4.50. The predicted octanol–water partition coefficient (Wildman–Crippen LogP) is 1.26. The normalized spacial score (nSPS) is 9.69. The third kappa shape index (κ3) is 2.42. The van der Waals surface area contributed by atoms with Gasteiger partial charge in [-0.1, -0.05) is 0 Å². The molecule has 0 radical (unpaired) electrons. The Bertz CT molecular complexity index is 327. The van der Waals surface area contributed by atoms with Gasteiger partial charge in [-0.2, -0.15) is 4.73 Å². The van der Waals surface area contributed by atoms with Crippen molar-refractivity contribution >= 4 is 21.9 Å². The predicted molar refractivity (Wildman–Crippen MR) is 49.1 cm³/mol. The number of carbonyl (C=O) groups excluding carboxylic acids is 1. The molecule has 1 aromatic heterocycles. The molecule has 0 amide bonds. The zero-order valence-electron chi connectivity index (χ0n) is 6.99.